The van der Waals surface area contributed by atoms with Gasteiger partial charge in [-0.1, -0.05) is 163 Å². The molecule has 0 bridgehead atoms. The van der Waals surface area contributed by atoms with E-state index in [-0.39, 0.29) is 71.2 Å². The van der Waals surface area contributed by atoms with Crippen LogP contribution in [-0.2, 0) is 49.2 Å². The summed E-state index contributed by atoms with van der Waals surface area (Å²) in [5, 5.41) is 30.1. The number of nitrogens with one attached hydrogen (secondary N) is 4. The predicted molar refractivity (Wildman–Crippen MR) is 366 cm³/mol. The summed E-state index contributed by atoms with van der Waals surface area (Å²) in [6, 6.07) is -5.31. The lowest BCUT2D eigenvalue weighted by Gasteiger charge is -2.38. The van der Waals surface area contributed by atoms with Gasteiger partial charge in [0.1, 0.15) is 36.4 Å². The van der Waals surface area contributed by atoms with Crippen molar-refractivity contribution >= 4 is 67.9 Å². The molecule has 4 aliphatic carbocycles. The summed E-state index contributed by atoms with van der Waals surface area (Å²) < 4.78 is 55.6. The van der Waals surface area contributed by atoms with E-state index < -0.39 is 126 Å². The van der Waals surface area contributed by atoms with Crippen molar-refractivity contribution < 1.29 is 65.4 Å². The number of hydrogen-bond donors (Lipinski definition) is 10. The minimum absolute atomic E-state index is 0.0211. The minimum Gasteiger partial charge on any atom is -0.383 e. The number of urea groups is 2. The van der Waals surface area contributed by atoms with Crippen molar-refractivity contribution in [2.24, 2.45) is 103 Å². The molecule has 14 atom stereocenters. The van der Waals surface area contributed by atoms with Crippen LogP contribution in [0.5, 0.6) is 0 Å². The van der Waals surface area contributed by atoms with Gasteiger partial charge in [-0.15, -0.1) is 0 Å². The van der Waals surface area contributed by atoms with Gasteiger partial charge in [-0.05, 0) is 92.7 Å². The first-order valence-corrected chi connectivity index (χ1v) is 37.1. The molecule has 96 heavy (non-hydrogen) atoms. The summed E-state index contributed by atoms with van der Waals surface area (Å²) in [4.78, 5) is 103. The lowest BCUT2D eigenvalue weighted by atomic mass is 9.78. The second-order valence-electron chi connectivity index (χ2n) is 34.3. The number of primary amides is 4. The second kappa shape index (κ2) is 30.5. The van der Waals surface area contributed by atoms with Gasteiger partial charge in [0, 0.05) is 78.5 Å². The average molecular weight is 1400 g/mol. The molecule has 0 spiro atoms. The van der Waals surface area contributed by atoms with E-state index in [9.17, 15) is 65.4 Å². The first kappa shape index (κ1) is 81.7. The van der Waals surface area contributed by atoms with Gasteiger partial charge in [0.25, 0.3) is 20.4 Å². The summed E-state index contributed by atoms with van der Waals surface area (Å²) >= 11 is 0. The molecule has 4 saturated carbocycles. The fourth-order valence-electron chi connectivity index (χ4n) is 14.5. The van der Waals surface area contributed by atoms with Crippen LogP contribution in [0.15, 0.2) is 0 Å². The highest BCUT2D eigenvalue weighted by atomic mass is 32.2. The van der Waals surface area contributed by atoms with Crippen molar-refractivity contribution in [3.8, 4) is 0 Å². The molecule has 8 fully saturated rings. The monoisotopic (exact) mass is 1400 g/mol. The zero-order chi connectivity index (χ0) is 73.5. The molecule has 0 radical (unpaired) electrons. The van der Waals surface area contributed by atoms with Gasteiger partial charge in [-0.2, -0.15) is 34.1 Å². The maximum Gasteiger partial charge on any atom is 0.315 e. The molecule has 8 aliphatic rings. The lowest BCUT2D eigenvalue weighted by Crippen LogP contribution is -2.62. The zero-order valence-electron chi connectivity index (χ0n) is 61.2. The molecule has 28 nitrogen and oxygen atoms in total. The molecule has 4 aliphatic heterocycles. The molecular formula is C66H122N14O14S2. The summed E-state index contributed by atoms with van der Waals surface area (Å²) in [5.41, 5.74) is 19.1. The van der Waals surface area contributed by atoms with Gasteiger partial charge in [0.05, 0.1) is 0 Å². The molecule has 4 heterocycles. The summed E-state index contributed by atoms with van der Waals surface area (Å²) in [5.74, 6) is -0.962. The minimum atomic E-state index is -3.56. The topological polar surface area (TPSA) is 417 Å². The van der Waals surface area contributed by atoms with E-state index >= 15 is 0 Å². The molecule has 10 amide bonds. The van der Waals surface area contributed by atoms with E-state index in [0.717, 1.165) is 12.8 Å². The number of nitrogens with zero attached hydrogens (tertiary/aromatic N) is 6. The van der Waals surface area contributed by atoms with Crippen molar-refractivity contribution in [2.45, 2.75) is 224 Å². The fraction of sp³-hybridized carbons (Fsp3) is 0.879. The first-order valence-electron chi connectivity index (χ1n) is 34.3. The summed E-state index contributed by atoms with van der Waals surface area (Å²) in [6.07, 6.45) is 7.54. The highest BCUT2D eigenvalue weighted by molar-refractivity contribution is 7.87. The number of aliphatic hydroxyl groups excluding tert-OH is 2. The maximum absolute atomic E-state index is 13.7. The Kier molecular flexibility index (Phi) is 25.9. The molecule has 8 rings (SSSR count). The third kappa shape index (κ3) is 19.3. The van der Waals surface area contributed by atoms with Gasteiger partial charge in [-0.25, -0.2) is 9.59 Å². The third-order valence-corrected chi connectivity index (χ3v) is 26.0. The average Bonchev–Trinajstić information content (AvgIpc) is 1.53. The van der Waals surface area contributed by atoms with E-state index in [1.54, 1.807) is 0 Å². The number of nitrogens with two attached hydrogens (primary N) is 4. The van der Waals surface area contributed by atoms with Gasteiger partial charge in [0.2, 0.25) is 35.4 Å². The Bertz CT molecular complexity index is 2840. The lowest BCUT2D eigenvalue weighted by molar-refractivity contribution is -0.142. The number of amides is 10. The van der Waals surface area contributed by atoms with Crippen LogP contribution in [-0.4, -0.2) is 216 Å². The molecule has 0 aromatic carbocycles. The standard InChI is InChI=1S/2C24H44N6O5S.2C9H17NO2/c2*1-22(2,3)15(13-29-11-10-28(9)36(29,34)35)26-21(33)27-18(23(4,5)6)20(32)30-12-14-16(24(14,7)8)17(30)19(25)31;2*1-6(8(11)9(10)12)5-7-3-2-4-7/h2*14-18H,10-13H2,1-9H3,(H2,25,31)(H2,26,27,33);2*6-8,11H,2-5H2,1H3,(H2,10,12)/t2*14-,15+,16-,17-,18+;;/m00../s1. The van der Waals surface area contributed by atoms with E-state index in [1.165, 1.54) is 79.6 Å². The van der Waals surface area contributed by atoms with E-state index in [1.807, 2.05) is 96.9 Å². The summed E-state index contributed by atoms with van der Waals surface area (Å²) in [7, 11) is -4.06. The number of fused-ring (bicyclic) bond motifs is 2. The third-order valence-electron chi connectivity index (χ3n) is 22.1. The Balaban J connectivity index is 0.000000259. The van der Waals surface area contributed by atoms with E-state index in [0.29, 0.717) is 51.1 Å². The highest BCUT2D eigenvalue weighted by Crippen LogP contribution is 2.66. The summed E-state index contributed by atoms with van der Waals surface area (Å²) in [6.45, 7) is 37.3. The Morgan fingerprint density at radius 3 is 0.990 bits per heavy atom. The highest BCUT2D eigenvalue weighted by Gasteiger charge is 2.71. The van der Waals surface area contributed by atoms with Crippen LogP contribution in [0, 0.1) is 79.8 Å². The largest absolute Gasteiger partial charge is 0.383 e. The molecule has 552 valence electrons. The Labute approximate surface area is 572 Å². The van der Waals surface area contributed by atoms with Gasteiger partial charge < -0.3 is 64.2 Å². The SMILES string of the molecule is CC(CC1CCC1)C(O)C(N)=O.CC(CC1CCC1)C(O)C(N)=O.CN1CCN(C[C@@H](NC(=O)N[C@H](C(=O)N2C[C@H]3[C@@H]([C@H]2C(N)=O)C3(C)C)C(C)(C)C)C(C)(C)C)S1(=O)=O.CN1CCN(C[C@@H](NC(=O)N[C@H](C(=O)N2C[C@H]3[C@@H]([C@H]2C(N)=O)C3(C)C)C(C)(C)C)C(C)(C)C)S1(=O)=O. The van der Waals surface area contributed by atoms with E-state index in [4.69, 9.17) is 22.9 Å². The molecule has 30 heteroatoms. The van der Waals surface area contributed by atoms with Crippen LogP contribution in [0.1, 0.15) is 176 Å². The van der Waals surface area contributed by atoms with Crippen LogP contribution in [0.25, 0.3) is 0 Å². The van der Waals surface area contributed by atoms with Gasteiger partial charge in [0.15, 0.2) is 0 Å². The predicted octanol–water partition coefficient (Wildman–Crippen LogP) is 2.47. The zero-order valence-corrected chi connectivity index (χ0v) is 62.8. The van der Waals surface area contributed by atoms with Crippen molar-refractivity contribution in [2.75, 3.05) is 66.5 Å². The number of rotatable bonds is 20. The number of hydrogen-bond acceptors (Lipinski definition) is 14. The Hall–Kier alpha value is -4.98. The molecule has 4 saturated heterocycles. The smallest absolute Gasteiger partial charge is 0.315 e. The van der Waals surface area contributed by atoms with Crippen molar-refractivity contribution in [3.63, 3.8) is 0 Å². The molecule has 0 aromatic heterocycles. The van der Waals surface area contributed by atoms with Crippen LogP contribution in [0.2, 0.25) is 0 Å². The van der Waals surface area contributed by atoms with Crippen LogP contribution in [0.4, 0.5) is 9.59 Å². The Morgan fingerprint density at radius 2 is 0.781 bits per heavy atom. The quantitative estimate of drug-likeness (QED) is 0.0838. The number of piperidine rings is 2. The maximum atomic E-state index is 13.7. The van der Waals surface area contributed by atoms with Crippen LogP contribution < -0.4 is 44.2 Å². The van der Waals surface area contributed by atoms with Crippen molar-refractivity contribution in [3.05, 3.63) is 0 Å². The molecule has 14 N–H and O–H groups in total. The molecular weight excluding hydrogens is 1280 g/mol. The normalized spacial score (nSPS) is 27.7. The van der Waals surface area contributed by atoms with Crippen molar-refractivity contribution in [1.82, 2.24) is 48.3 Å². The molecule has 4 unspecified atom stereocenters. The number of likely N-dealkylation sites (N-methyl/N-ethyl adjacent to an activating group) is 2. The van der Waals surface area contributed by atoms with Crippen molar-refractivity contribution in [1.29, 1.82) is 0 Å². The van der Waals surface area contributed by atoms with E-state index in [2.05, 4.69) is 49.0 Å². The van der Waals surface area contributed by atoms with Gasteiger partial charge in [-0.3, -0.25) is 28.8 Å². The first-order chi connectivity index (χ1) is 43.6. The van der Waals surface area contributed by atoms with Crippen LogP contribution in [0.3, 0.4) is 0 Å². The molecule has 0 aromatic rings. The Morgan fingerprint density at radius 1 is 0.490 bits per heavy atom. The number of carbonyl (C=O) groups is 8. The second-order valence-corrected chi connectivity index (χ2v) is 38.4. The number of aliphatic hydroxyl groups is 2. The van der Waals surface area contributed by atoms with Crippen LogP contribution >= 0.6 is 0 Å². The number of carbonyl (C=O) groups excluding carboxylic acids is 8. The van der Waals surface area contributed by atoms with Gasteiger partial charge >= 0.3 is 12.1 Å². The fourth-order valence-corrected chi connectivity index (χ4v) is 17.2. The number of likely N-dealkylation sites (tertiary alicyclic amines) is 2.